The Morgan fingerprint density at radius 2 is 2.00 bits per heavy atom. The minimum Gasteiger partial charge on any atom is -0.494 e. The standard InChI is InChI=1S/C22H37N3O3.HI/c1-4-5-14-28-21-8-6-19(7-9-21)10-12-24-22(23-2)25-13-11-20(17-25)18-27-16-15-26-3;/h6-9,20H,4-5,10-18H2,1-3H3,(H,23,24);1H. The Bertz CT molecular complexity index is 569. The van der Waals surface area contributed by atoms with Crippen LogP contribution in [0.5, 0.6) is 5.75 Å². The number of ether oxygens (including phenoxy) is 3. The summed E-state index contributed by atoms with van der Waals surface area (Å²) in [6.45, 7) is 7.98. The Morgan fingerprint density at radius 1 is 1.21 bits per heavy atom. The molecule has 1 unspecified atom stereocenters. The summed E-state index contributed by atoms with van der Waals surface area (Å²) in [4.78, 5) is 6.78. The van der Waals surface area contributed by atoms with E-state index in [4.69, 9.17) is 14.2 Å². The quantitative estimate of drug-likeness (QED) is 0.198. The number of guanidine groups is 1. The highest BCUT2D eigenvalue weighted by Gasteiger charge is 2.24. The molecule has 1 fully saturated rings. The lowest BCUT2D eigenvalue weighted by atomic mass is 10.1. The fourth-order valence-corrected chi connectivity index (χ4v) is 3.29. The Kier molecular flexibility index (Phi) is 14.1. The number of benzene rings is 1. The van der Waals surface area contributed by atoms with Gasteiger partial charge in [0.25, 0.3) is 0 Å². The number of nitrogens with one attached hydrogen (secondary N) is 1. The molecule has 1 saturated heterocycles. The second kappa shape index (κ2) is 15.7. The van der Waals surface area contributed by atoms with Crippen LogP contribution in [0.4, 0.5) is 0 Å². The predicted molar refractivity (Wildman–Crippen MR) is 130 cm³/mol. The molecule has 7 heteroatoms. The predicted octanol–water partition coefficient (Wildman–Crippen LogP) is 3.59. The molecular formula is C22H38IN3O3. The molecule has 1 aromatic rings. The van der Waals surface area contributed by atoms with Gasteiger partial charge in [-0.3, -0.25) is 4.99 Å². The van der Waals surface area contributed by atoms with Crippen LogP contribution < -0.4 is 10.1 Å². The molecule has 0 aliphatic carbocycles. The number of rotatable bonds is 12. The van der Waals surface area contributed by atoms with E-state index in [9.17, 15) is 0 Å². The normalized spacial score (nSPS) is 16.6. The van der Waals surface area contributed by atoms with Crippen LogP contribution >= 0.6 is 24.0 Å². The van der Waals surface area contributed by atoms with Gasteiger partial charge in [0, 0.05) is 39.7 Å². The lowest BCUT2D eigenvalue weighted by Gasteiger charge is -2.21. The molecule has 0 bridgehead atoms. The van der Waals surface area contributed by atoms with Crippen LogP contribution in [0.15, 0.2) is 29.3 Å². The van der Waals surface area contributed by atoms with Crippen LogP contribution in [0, 0.1) is 5.92 Å². The van der Waals surface area contributed by atoms with Gasteiger partial charge in [-0.25, -0.2) is 0 Å². The van der Waals surface area contributed by atoms with E-state index in [1.54, 1.807) is 7.11 Å². The highest BCUT2D eigenvalue weighted by molar-refractivity contribution is 14.0. The van der Waals surface area contributed by atoms with Gasteiger partial charge < -0.3 is 24.4 Å². The number of unbranched alkanes of at least 4 members (excludes halogenated alkanes) is 1. The minimum atomic E-state index is 0. The molecule has 0 radical (unpaired) electrons. The van der Waals surface area contributed by atoms with E-state index in [-0.39, 0.29) is 24.0 Å². The molecule has 0 aromatic heterocycles. The van der Waals surface area contributed by atoms with E-state index in [1.165, 1.54) is 5.56 Å². The first-order valence-corrected chi connectivity index (χ1v) is 10.5. The molecule has 0 spiro atoms. The number of halogens is 1. The maximum Gasteiger partial charge on any atom is 0.193 e. The lowest BCUT2D eigenvalue weighted by molar-refractivity contribution is 0.0536. The minimum absolute atomic E-state index is 0. The maximum atomic E-state index is 5.72. The fraction of sp³-hybridized carbons (Fsp3) is 0.682. The smallest absolute Gasteiger partial charge is 0.193 e. The molecule has 2 rings (SSSR count). The van der Waals surface area contributed by atoms with Crippen molar-refractivity contribution in [2.75, 3.05) is 60.2 Å². The van der Waals surface area contributed by atoms with Crippen LogP contribution in [-0.2, 0) is 15.9 Å². The highest BCUT2D eigenvalue weighted by atomic mass is 127. The van der Waals surface area contributed by atoms with Gasteiger partial charge in [0.2, 0.25) is 0 Å². The Labute approximate surface area is 193 Å². The zero-order chi connectivity index (χ0) is 20.0. The van der Waals surface area contributed by atoms with Crippen molar-refractivity contribution < 1.29 is 14.2 Å². The van der Waals surface area contributed by atoms with E-state index in [1.807, 2.05) is 7.05 Å². The second-order valence-corrected chi connectivity index (χ2v) is 7.24. The molecule has 0 amide bonds. The van der Waals surface area contributed by atoms with Crippen molar-refractivity contribution in [2.45, 2.75) is 32.6 Å². The number of likely N-dealkylation sites (tertiary alicyclic amines) is 1. The zero-order valence-electron chi connectivity index (χ0n) is 18.2. The first kappa shape index (κ1) is 26.0. The summed E-state index contributed by atoms with van der Waals surface area (Å²) in [5.41, 5.74) is 1.30. The van der Waals surface area contributed by atoms with Crippen LogP contribution in [0.25, 0.3) is 0 Å². The van der Waals surface area contributed by atoms with Crippen LogP contribution in [0.2, 0.25) is 0 Å². The van der Waals surface area contributed by atoms with E-state index in [2.05, 4.69) is 46.4 Å². The molecular weight excluding hydrogens is 481 g/mol. The first-order valence-electron chi connectivity index (χ1n) is 10.5. The third kappa shape index (κ3) is 10.00. The third-order valence-corrected chi connectivity index (χ3v) is 4.97. The van der Waals surface area contributed by atoms with Gasteiger partial charge in [0.05, 0.1) is 26.4 Å². The summed E-state index contributed by atoms with van der Waals surface area (Å²) in [6, 6.07) is 8.42. The van der Waals surface area contributed by atoms with Crippen LogP contribution in [0.3, 0.4) is 0 Å². The van der Waals surface area contributed by atoms with Gasteiger partial charge in [-0.1, -0.05) is 25.5 Å². The van der Waals surface area contributed by atoms with E-state index < -0.39 is 0 Å². The van der Waals surface area contributed by atoms with Crippen molar-refractivity contribution in [2.24, 2.45) is 10.9 Å². The molecule has 1 aromatic carbocycles. The number of methoxy groups -OCH3 is 1. The average molecular weight is 519 g/mol. The third-order valence-electron chi connectivity index (χ3n) is 4.97. The van der Waals surface area contributed by atoms with Gasteiger partial charge in [0.1, 0.15) is 5.75 Å². The van der Waals surface area contributed by atoms with Gasteiger partial charge in [-0.05, 0) is 37.0 Å². The second-order valence-electron chi connectivity index (χ2n) is 7.24. The topological polar surface area (TPSA) is 55.3 Å². The number of aliphatic imine (C=N–C) groups is 1. The monoisotopic (exact) mass is 519 g/mol. The van der Waals surface area contributed by atoms with E-state index >= 15 is 0 Å². The Morgan fingerprint density at radius 3 is 2.69 bits per heavy atom. The van der Waals surface area contributed by atoms with Gasteiger partial charge in [-0.2, -0.15) is 0 Å². The van der Waals surface area contributed by atoms with Gasteiger partial charge >= 0.3 is 0 Å². The van der Waals surface area contributed by atoms with Crippen molar-refractivity contribution in [1.82, 2.24) is 10.2 Å². The molecule has 166 valence electrons. The first-order chi connectivity index (χ1) is 13.8. The zero-order valence-corrected chi connectivity index (χ0v) is 20.5. The summed E-state index contributed by atoms with van der Waals surface area (Å²) in [5, 5.41) is 3.50. The Balaban J connectivity index is 0.00000420. The lowest BCUT2D eigenvalue weighted by Crippen LogP contribution is -2.41. The average Bonchev–Trinajstić information content (AvgIpc) is 3.18. The number of hydrogen-bond donors (Lipinski definition) is 1. The van der Waals surface area contributed by atoms with Crippen molar-refractivity contribution in [1.29, 1.82) is 0 Å². The van der Waals surface area contributed by atoms with Crippen molar-refractivity contribution in [3.05, 3.63) is 29.8 Å². The van der Waals surface area contributed by atoms with E-state index in [0.717, 1.165) is 70.2 Å². The molecule has 6 nitrogen and oxygen atoms in total. The molecule has 0 saturated carbocycles. The maximum absolute atomic E-state index is 5.72. The van der Waals surface area contributed by atoms with Crippen molar-refractivity contribution >= 4 is 29.9 Å². The largest absolute Gasteiger partial charge is 0.494 e. The Hall–Kier alpha value is -1.06. The van der Waals surface area contributed by atoms with Crippen LogP contribution in [0.1, 0.15) is 31.7 Å². The molecule has 1 atom stereocenters. The summed E-state index contributed by atoms with van der Waals surface area (Å²) < 4.78 is 16.4. The molecule has 1 heterocycles. The number of hydrogen-bond acceptors (Lipinski definition) is 4. The van der Waals surface area contributed by atoms with Gasteiger partial charge in [-0.15, -0.1) is 24.0 Å². The molecule has 29 heavy (non-hydrogen) atoms. The highest BCUT2D eigenvalue weighted by Crippen LogP contribution is 2.17. The van der Waals surface area contributed by atoms with E-state index in [0.29, 0.717) is 19.1 Å². The molecule has 1 aliphatic rings. The fourth-order valence-electron chi connectivity index (χ4n) is 3.29. The summed E-state index contributed by atoms with van der Waals surface area (Å²) >= 11 is 0. The summed E-state index contributed by atoms with van der Waals surface area (Å²) in [7, 11) is 3.55. The van der Waals surface area contributed by atoms with Crippen molar-refractivity contribution in [3.8, 4) is 5.75 Å². The summed E-state index contributed by atoms with van der Waals surface area (Å²) in [5.74, 6) is 2.51. The SMILES string of the molecule is CCCCOc1ccc(CCNC(=NC)N2CCC(COCCOC)C2)cc1.I. The summed E-state index contributed by atoms with van der Waals surface area (Å²) in [6.07, 6.45) is 4.37. The molecule has 1 aliphatic heterocycles. The molecule has 1 N–H and O–H groups in total. The number of nitrogens with zero attached hydrogens (tertiary/aromatic N) is 2. The van der Waals surface area contributed by atoms with Crippen LogP contribution in [-0.4, -0.2) is 71.1 Å². The van der Waals surface area contributed by atoms with Gasteiger partial charge in [0.15, 0.2) is 5.96 Å². The van der Waals surface area contributed by atoms with Crippen molar-refractivity contribution in [3.63, 3.8) is 0 Å².